The van der Waals surface area contributed by atoms with Crippen LogP contribution in [-0.2, 0) is 4.74 Å². The summed E-state index contributed by atoms with van der Waals surface area (Å²) < 4.78 is 5.40. The minimum atomic E-state index is -0.544. The monoisotopic (exact) mass is 293 g/mol. The van der Waals surface area contributed by atoms with Crippen LogP contribution in [0.5, 0.6) is 0 Å². The maximum absolute atomic E-state index is 12.2. The van der Waals surface area contributed by atoms with E-state index < -0.39 is 5.60 Å². The standard InChI is InChI=1S/C15H23N3O3/c1-15(2,3)21-14(20)18-8-11(6-12(18)9-19)10-4-5-13(16)17-7-10/h4-5,7,11-12,19H,6,8-9H2,1-3H3,(H2,16,17)/t11-,12-/m0/s1. The number of hydrogen-bond donors (Lipinski definition) is 2. The van der Waals surface area contributed by atoms with Crippen LogP contribution < -0.4 is 5.73 Å². The number of rotatable bonds is 2. The van der Waals surface area contributed by atoms with Gasteiger partial charge in [-0.3, -0.25) is 0 Å². The third-order valence-corrected chi connectivity index (χ3v) is 3.53. The number of pyridine rings is 1. The summed E-state index contributed by atoms with van der Waals surface area (Å²) in [4.78, 5) is 17.9. The molecule has 0 saturated carbocycles. The highest BCUT2D eigenvalue weighted by Gasteiger charge is 2.37. The zero-order valence-corrected chi connectivity index (χ0v) is 12.7. The summed E-state index contributed by atoms with van der Waals surface area (Å²) in [5, 5.41) is 9.51. The normalized spacial score (nSPS) is 22.4. The SMILES string of the molecule is CC(C)(C)OC(=O)N1C[C@@H](c2ccc(N)nc2)C[C@H]1CO. The molecule has 1 aliphatic heterocycles. The van der Waals surface area contributed by atoms with Crippen LogP contribution in [0.2, 0.25) is 0 Å². The molecule has 6 nitrogen and oxygen atoms in total. The molecule has 1 fully saturated rings. The molecule has 0 radical (unpaired) electrons. The molecule has 6 heteroatoms. The first-order chi connectivity index (χ1) is 9.80. The van der Waals surface area contributed by atoms with E-state index in [0.29, 0.717) is 18.8 Å². The molecule has 1 saturated heterocycles. The van der Waals surface area contributed by atoms with E-state index in [1.54, 1.807) is 17.2 Å². The Hall–Kier alpha value is -1.82. The maximum Gasteiger partial charge on any atom is 0.410 e. The highest BCUT2D eigenvalue weighted by atomic mass is 16.6. The fourth-order valence-electron chi connectivity index (χ4n) is 2.53. The van der Waals surface area contributed by atoms with E-state index in [4.69, 9.17) is 10.5 Å². The van der Waals surface area contributed by atoms with Crippen LogP contribution in [0.1, 0.15) is 38.7 Å². The molecule has 1 aromatic rings. The van der Waals surface area contributed by atoms with Gasteiger partial charge < -0.3 is 20.5 Å². The quantitative estimate of drug-likeness (QED) is 0.867. The molecule has 1 aromatic heterocycles. The average Bonchev–Trinajstić information content (AvgIpc) is 2.82. The lowest BCUT2D eigenvalue weighted by Gasteiger charge is -2.27. The van der Waals surface area contributed by atoms with Crippen molar-refractivity contribution < 1.29 is 14.6 Å². The molecule has 116 valence electrons. The molecule has 2 atom stereocenters. The van der Waals surface area contributed by atoms with Crippen LogP contribution in [0.3, 0.4) is 0 Å². The van der Waals surface area contributed by atoms with Crippen LogP contribution in [-0.4, -0.2) is 45.9 Å². The molecule has 2 rings (SSSR count). The lowest BCUT2D eigenvalue weighted by Crippen LogP contribution is -2.41. The first-order valence-electron chi connectivity index (χ1n) is 7.12. The smallest absolute Gasteiger partial charge is 0.410 e. The Morgan fingerprint density at radius 3 is 2.76 bits per heavy atom. The van der Waals surface area contributed by atoms with Crippen molar-refractivity contribution in [1.82, 2.24) is 9.88 Å². The first kappa shape index (κ1) is 15.6. The van der Waals surface area contributed by atoms with Gasteiger partial charge in [-0.25, -0.2) is 9.78 Å². The number of aromatic nitrogens is 1. The van der Waals surface area contributed by atoms with Gasteiger partial charge in [0.25, 0.3) is 0 Å². The predicted molar refractivity (Wildman–Crippen MR) is 79.8 cm³/mol. The number of aliphatic hydroxyl groups is 1. The number of likely N-dealkylation sites (tertiary alicyclic amines) is 1. The largest absolute Gasteiger partial charge is 0.444 e. The molecular weight excluding hydrogens is 270 g/mol. The van der Waals surface area contributed by atoms with Crippen molar-refractivity contribution in [3.8, 4) is 0 Å². The minimum Gasteiger partial charge on any atom is -0.444 e. The number of nitrogens with two attached hydrogens (primary N) is 1. The second kappa shape index (κ2) is 5.89. The van der Waals surface area contributed by atoms with Crippen molar-refractivity contribution in [2.45, 2.75) is 44.8 Å². The van der Waals surface area contributed by atoms with Crippen molar-refractivity contribution in [3.05, 3.63) is 23.9 Å². The first-order valence-corrected chi connectivity index (χ1v) is 7.12. The van der Waals surface area contributed by atoms with Crippen molar-refractivity contribution >= 4 is 11.9 Å². The molecule has 0 bridgehead atoms. The molecule has 2 heterocycles. The fraction of sp³-hybridized carbons (Fsp3) is 0.600. The molecule has 0 aliphatic carbocycles. The van der Waals surface area contributed by atoms with Gasteiger partial charge in [0.15, 0.2) is 0 Å². The highest BCUT2D eigenvalue weighted by Crippen LogP contribution is 2.32. The predicted octanol–water partition coefficient (Wildman–Crippen LogP) is 1.75. The summed E-state index contributed by atoms with van der Waals surface area (Å²) in [6, 6.07) is 3.45. The minimum absolute atomic E-state index is 0.0713. The number of carbonyl (C=O) groups is 1. The number of ether oxygens (including phenoxy) is 1. The van der Waals surface area contributed by atoms with Gasteiger partial charge in [0.2, 0.25) is 0 Å². The third kappa shape index (κ3) is 3.85. The van der Waals surface area contributed by atoms with Gasteiger partial charge in [0.1, 0.15) is 11.4 Å². The van der Waals surface area contributed by atoms with E-state index in [9.17, 15) is 9.90 Å². The fourth-order valence-corrected chi connectivity index (χ4v) is 2.53. The lowest BCUT2D eigenvalue weighted by atomic mass is 9.98. The number of aliphatic hydroxyl groups excluding tert-OH is 1. The molecular formula is C15H23N3O3. The van der Waals surface area contributed by atoms with Crippen molar-refractivity contribution in [2.75, 3.05) is 18.9 Å². The van der Waals surface area contributed by atoms with E-state index in [0.717, 1.165) is 5.56 Å². The number of carbonyl (C=O) groups excluding carboxylic acids is 1. The van der Waals surface area contributed by atoms with E-state index >= 15 is 0 Å². The van der Waals surface area contributed by atoms with Crippen molar-refractivity contribution in [3.63, 3.8) is 0 Å². The molecule has 1 amide bonds. The molecule has 1 aliphatic rings. The molecule has 21 heavy (non-hydrogen) atoms. The summed E-state index contributed by atoms with van der Waals surface area (Å²) in [6.45, 7) is 5.94. The summed E-state index contributed by atoms with van der Waals surface area (Å²) in [7, 11) is 0. The van der Waals surface area contributed by atoms with E-state index in [1.165, 1.54) is 0 Å². The molecule has 3 N–H and O–H groups in total. The summed E-state index contributed by atoms with van der Waals surface area (Å²) >= 11 is 0. The zero-order chi connectivity index (χ0) is 15.6. The third-order valence-electron chi connectivity index (χ3n) is 3.53. The Labute approximate surface area is 124 Å². The number of hydrogen-bond acceptors (Lipinski definition) is 5. The Morgan fingerprint density at radius 1 is 1.52 bits per heavy atom. The average molecular weight is 293 g/mol. The summed E-state index contributed by atoms with van der Waals surface area (Å²) in [5.41, 5.74) is 6.07. The number of nitrogens with zero attached hydrogens (tertiary/aromatic N) is 2. The van der Waals surface area contributed by atoms with Gasteiger partial charge in [-0.05, 0) is 38.8 Å². The second-order valence-corrected chi connectivity index (χ2v) is 6.42. The molecule has 0 unspecified atom stereocenters. The Bertz CT molecular complexity index is 496. The maximum atomic E-state index is 12.2. The van der Waals surface area contributed by atoms with Crippen molar-refractivity contribution in [1.29, 1.82) is 0 Å². The van der Waals surface area contributed by atoms with E-state index in [-0.39, 0.29) is 24.7 Å². The Morgan fingerprint density at radius 2 is 2.24 bits per heavy atom. The Balaban J connectivity index is 2.10. The molecule has 0 aromatic carbocycles. The van der Waals surface area contributed by atoms with Crippen LogP contribution in [0.4, 0.5) is 10.6 Å². The van der Waals surface area contributed by atoms with E-state index in [1.807, 2.05) is 26.8 Å². The van der Waals surface area contributed by atoms with Gasteiger partial charge in [0.05, 0.1) is 12.6 Å². The van der Waals surface area contributed by atoms with Gasteiger partial charge >= 0.3 is 6.09 Å². The topological polar surface area (TPSA) is 88.7 Å². The van der Waals surface area contributed by atoms with Gasteiger partial charge in [-0.15, -0.1) is 0 Å². The van der Waals surface area contributed by atoms with Gasteiger partial charge in [0, 0.05) is 18.7 Å². The van der Waals surface area contributed by atoms with Crippen LogP contribution >= 0.6 is 0 Å². The van der Waals surface area contributed by atoms with Crippen LogP contribution in [0.15, 0.2) is 18.3 Å². The Kier molecular flexibility index (Phi) is 4.37. The lowest BCUT2D eigenvalue weighted by molar-refractivity contribution is 0.0174. The van der Waals surface area contributed by atoms with Crippen LogP contribution in [0.25, 0.3) is 0 Å². The van der Waals surface area contributed by atoms with Gasteiger partial charge in [-0.1, -0.05) is 6.07 Å². The van der Waals surface area contributed by atoms with E-state index in [2.05, 4.69) is 4.98 Å². The number of nitrogen functional groups attached to an aromatic ring is 1. The highest BCUT2D eigenvalue weighted by molar-refractivity contribution is 5.69. The summed E-state index contributed by atoms with van der Waals surface area (Å²) in [5.74, 6) is 0.613. The zero-order valence-electron chi connectivity index (χ0n) is 12.7. The van der Waals surface area contributed by atoms with Crippen molar-refractivity contribution in [2.24, 2.45) is 0 Å². The number of anilines is 1. The number of amides is 1. The summed E-state index contributed by atoms with van der Waals surface area (Å²) in [6.07, 6.45) is 2.04. The van der Waals surface area contributed by atoms with Crippen LogP contribution in [0, 0.1) is 0 Å². The van der Waals surface area contributed by atoms with Gasteiger partial charge in [-0.2, -0.15) is 0 Å². The molecule has 0 spiro atoms. The second-order valence-electron chi connectivity index (χ2n) is 6.42.